The average molecular weight is 348 g/mol. The molecule has 1 N–H and O–H groups in total. The van der Waals surface area contributed by atoms with Crippen LogP contribution in [0.2, 0.25) is 0 Å². The largest absolute Gasteiger partial charge is 0.352 e. The number of carbonyl (C=O) groups is 2. The van der Waals surface area contributed by atoms with Crippen molar-refractivity contribution >= 4 is 34.8 Å². The van der Waals surface area contributed by atoms with E-state index in [0.717, 1.165) is 9.77 Å². The summed E-state index contributed by atoms with van der Waals surface area (Å²) in [5, 5.41) is 4.79. The fourth-order valence-corrected chi connectivity index (χ4v) is 3.80. The van der Waals surface area contributed by atoms with Crippen molar-refractivity contribution in [3.8, 4) is 0 Å². The smallest absolute Gasteiger partial charge is 0.230 e. The van der Waals surface area contributed by atoms with Crippen LogP contribution in [-0.4, -0.2) is 23.5 Å². The quantitative estimate of drug-likeness (QED) is 0.602. The highest BCUT2D eigenvalue weighted by molar-refractivity contribution is 8.00. The van der Waals surface area contributed by atoms with Crippen LogP contribution in [0.1, 0.15) is 34.1 Å². The molecule has 0 aliphatic heterocycles. The molecule has 0 spiro atoms. The summed E-state index contributed by atoms with van der Waals surface area (Å²) in [5.74, 6) is 0.402. The summed E-state index contributed by atoms with van der Waals surface area (Å²) < 4.78 is 0. The van der Waals surface area contributed by atoms with Crippen LogP contribution >= 0.6 is 23.1 Å². The zero-order valence-electron chi connectivity index (χ0n) is 13.6. The Balaban J connectivity index is 1.80. The summed E-state index contributed by atoms with van der Waals surface area (Å²) in [6.45, 7) is 5.95. The second-order valence-electron chi connectivity index (χ2n) is 5.63. The van der Waals surface area contributed by atoms with Gasteiger partial charge >= 0.3 is 0 Å². The molecule has 0 radical (unpaired) electrons. The van der Waals surface area contributed by atoms with Crippen LogP contribution in [0.25, 0.3) is 0 Å². The molecule has 1 heterocycles. The van der Waals surface area contributed by atoms with Crippen LogP contribution < -0.4 is 5.32 Å². The van der Waals surface area contributed by atoms with Crippen molar-refractivity contribution in [3.63, 3.8) is 0 Å². The van der Waals surface area contributed by atoms with Crippen molar-refractivity contribution in [2.24, 2.45) is 0 Å². The van der Waals surface area contributed by atoms with Gasteiger partial charge < -0.3 is 5.32 Å². The highest BCUT2D eigenvalue weighted by Crippen LogP contribution is 2.23. The Bertz CT molecular complexity index is 680. The Labute approximate surface area is 145 Å². The molecule has 0 fully saturated rings. The number of Topliss-reactive ketones (excluding diaryl/α,β-unsaturated/α-hetero) is 1. The van der Waals surface area contributed by atoms with Crippen LogP contribution in [0.4, 0.5) is 0 Å². The Morgan fingerprint density at radius 1 is 1.26 bits per heavy atom. The first-order valence-corrected chi connectivity index (χ1v) is 9.38. The first-order chi connectivity index (χ1) is 11.0. The third kappa shape index (κ3) is 5.52. The van der Waals surface area contributed by atoms with Gasteiger partial charge in [0.1, 0.15) is 0 Å². The maximum atomic E-state index is 12.1. The lowest BCUT2D eigenvalue weighted by atomic mass is 10.1. The Hall–Kier alpha value is -1.59. The van der Waals surface area contributed by atoms with Gasteiger partial charge in [-0.1, -0.05) is 23.8 Å². The van der Waals surface area contributed by atoms with Gasteiger partial charge in [0, 0.05) is 17.4 Å². The van der Waals surface area contributed by atoms with Crippen LogP contribution in [0.3, 0.4) is 0 Å². The minimum atomic E-state index is -0.156. The molecule has 122 valence electrons. The maximum Gasteiger partial charge on any atom is 0.230 e. The van der Waals surface area contributed by atoms with E-state index in [-0.39, 0.29) is 17.7 Å². The Morgan fingerprint density at radius 2 is 2.04 bits per heavy atom. The van der Waals surface area contributed by atoms with Crippen molar-refractivity contribution in [1.29, 1.82) is 0 Å². The van der Waals surface area contributed by atoms with Crippen molar-refractivity contribution in [3.05, 3.63) is 51.7 Å². The predicted octanol–water partition coefficient (Wildman–Crippen LogP) is 4.23. The number of thiophene rings is 1. The van der Waals surface area contributed by atoms with E-state index < -0.39 is 0 Å². The topological polar surface area (TPSA) is 46.2 Å². The van der Waals surface area contributed by atoms with Crippen molar-refractivity contribution in [2.75, 3.05) is 5.75 Å². The maximum absolute atomic E-state index is 12.1. The number of hydrogen-bond donors (Lipinski definition) is 1. The van der Waals surface area contributed by atoms with Gasteiger partial charge in [0.05, 0.1) is 10.6 Å². The number of hydrogen-bond acceptors (Lipinski definition) is 4. The number of rotatable bonds is 7. The van der Waals surface area contributed by atoms with E-state index in [1.54, 1.807) is 0 Å². The van der Waals surface area contributed by atoms with Gasteiger partial charge in [-0.15, -0.1) is 23.1 Å². The number of benzene rings is 1. The highest BCUT2D eigenvalue weighted by Gasteiger charge is 2.14. The van der Waals surface area contributed by atoms with Crippen molar-refractivity contribution in [2.45, 2.75) is 38.1 Å². The standard InChI is InChI=1S/C18H21NO2S2/c1-12-6-7-13(2)17(9-12)23-11-18(21)19-14(3)10-15(20)16-5-4-8-22-16/h4-9,14H,10-11H2,1-3H3,(H,19,21). The minimum Gasteiger partial charge on any atom is -0.352 e. The first-order valence-electron chi connectivity index (χ1n) is 7.52. The molecule has 1 aromatic carbocycles. The zero-order chi connectivity index (χ0) is 16.8. The van der Waals surface area contributed by atoms with Crippen LogP contribution in [-0.2, 0) is 4.79 Å². The molecule has 0 saturated carbocycles. The van der Waals surface area contributed by atoms with Crippen LogP contribution in [0, 0.1) is 13.8 Å². The number of ketones is 1. The fourth-order valence-electron chi connectivity index (χ4n) is 2.19. The molecule has 2 rings (SSSR count). The summed E-state index contributed by atoms with van der Waals surface area (Å²) in [7, 11) is 0. The molecule has 0 bridgehead atoms. The molecular formula is C18H21NO2S2. The molecule has 1 unspecified atom stereocenters. The Morgan fingerprint density at radius 3 is 2.74 bits per heavy atom. The zero-order valence-corrected chi connectivity index (χ0v) is 15.2. The molecule has 2 aromatic rings. The molecule has 23 heavy (non-hydrogen) atoms. The summed E-state index contributed by atoms with van der Waals surface area (Å²) in [6.07, 6.45) is 0.334. The molecule has 3 nitrogen and oxygen atoms in total. The molecule has 5 heteroatoms. The van der Waals surface area contributed by atoms with E-state index in [1.807, 2.05) is 38.3 Å². The normalized spacial score (nSPS) is 12.0. The summed E-state index contributed by atoms with van der Waals surface area (Å²) in [6, 6.07) is 9.75. The molecule has 1 atom stereocenters. The number of thioether (sulfide) groups is 1. The molecule has 0 aliphatic carbocycles. The van der Waals surface area contributed by atoms with Gasteiger partial charge in [-0.25, -0.2) is 0 Å². The third-order valence-electron chi connectivity index (χ3n) is 3.40. The van der Waals surface area contributed by atoms with Gasteiger partial charge in [-0.2, -0.15) is 0 Å². The van der Waals surface area contributed by atoms with Gasteiger partial charge in [0.2, 0.25) is 5.91 Å². The number of amides is 1. The third-order valence-corrected chi connectivity index (χ3v) is 5.47. The van der Waals surface area contributed by atoms with E-state index in [9.17, 15) is 9.59 Å². The van der Waals surface area contributed by atoms with Crippen molar-refractivity contribution in [1.82, 2.24) is 5.32 Å². The fraction of sp³-hybridized carbons (Fsp3) is 0.333. The van der Waals surface area contributed by atoms with Gasteiger partial charge in [0.25, 0.3) is 0 Å². The van der Waals surface area contributed by atoms with E-state index in [1.165, 1.54) is 34.2 Å². The first kappa shape index (κ1) is 17.8. The molecule has 1 amide bonds. The lowest BCUT2D eigenvalue weighted by Crippen LogP contribution is -2.35. The molecule has 1 aromatic heterocycles. The molecule has 0 saturated heterocycles. The van der Waals surface area contributed by atoms with E-state index >= 15 is 0 Å². The SMILES string of the molecule is Cc1ccc(C)c(SCC(=O)NC(C)CC(=O)c2cccs2)c1. The minimum absolute atomic E-state index is 0.0395. The van der Waals surface area contributed by atoms with Crippen LogP contribution in [0.15, 0.2) is 40.6 Å². The van der Waals surface area contributed by atoms with Gasteiger partial charge in [0.15, 0.2) is 5.78 Å². The van der Waals surface area contributed by atoms with Gasteiger partial charge in [-0.3, -0.25) is 9.59 Å². The molecular weight excluding hydrogens is 326 g/mol. The molecule has 0 aliphatic rings. The second-order valence-corrected chi connectivity index (χ2v) is 7.60. The Kier molecular flexibility index (Phi) is 6.42. The van der Waals surface area contributed by atoms with Gasteiger partial charge in [-0.05, 0) is 43.8 Å². The average Bonchev–Trinajstić information content (AvgIpc) is 3.02. The number of aryl methyl sites for hydroxylation is 2. The summed E-state index contributed by atoms with van der Waals surface area (Å²) in [4.78, 5) is 25.9. The predicted molar refractivity (Wildman–Crippen MR) is 97.5 cm³/mol. The lowest BCUT2D eigenvalue weighted by Gasteiger charge is -2.13. The van der Waals surface area contributed by atoms with E-state index in [2.05, 4.69) is 23.5 Å². The number of nitrogens with one attached hydrogen (secondary N) is 1. The van der Waals surface area contributed by atoms with E-state index in [4.69, 9.17) is 0 Å². The van der Waals surface area contributed by atoms with Crippen molar-refractivity contribution < 1.29 is 9.59 Å². The summed E-state index contributed by atoms with van der Waals surface area (Å²) in [5.41, 5.74) is 2.36. The highest BCUT2D eigenvalue weighted by atomic mass is 32.2. The lowest BCUT2D eigenvalue weighted by molar-refractivity contribution is -0.119. The summed E-state index contributed by atoms with van der Waals surface area (Å²) >= 11 is 2.97. The monoisotopic (exact) mass is 347 g/mol. The van der Waals surface area contributed by atoms with E-state index in [0.29, 0.717) is 12.2 Å². The number of carbonyl (C=O) groups excluding carboxylic acids is 2. The van der Waals surface area contributed by atoms with Crippen LogP contribution in [0.5, 0.6) is 0 Å². The second kappa shape index (κ2) is 8.31.